The number of carbonyl (C=O) groups is 3. The number of nitrogens with one attached hydrogen (secondary N) is 1. The molecule has 1 aliphatic rings. The maximum Gasteiger partial charge on any atom is 0.291 e. The molecule has 1 aliphatic heterocycles. The number of hydrogen-bond donors (Lipinski definition) is 1. The summed E-state index contributed by atoms with van der Waals surface area (Å²) in [5, 5.41) is 8.50. The second-order valence-electron chi connectivity index (χ2n) is 6.78. The highest BCUT2D eigenvalue weighted by atomic mass is 16.5. The second kappa shape index (κ2) is 9.21. The standard InChI is InChI=1S/C22H23N3O5/c1-14(26)22(28)23-17-7-4-15(5-8-17)13-25-21(27)11-9-18(24-25)16-6-10-19(29-2)20(12-16)30-3/h4-8,10,12H,9,11,13H2,1-3H3,(H,23,28). The topological polar surface area (TPSA) is 97.3 Å². The van der Waals surface area contributed by atoms with Crippen molar-refractivity contribution in [2.45, 2.75) is 26.3 Å². The average molecular weight is 409 g/mol. The molecule has 8 nitrogen and oxygen atoms in total. The van der Waals surface area contributed by atoms with Crippen LogP contribution in [0.15, 0.2) is 47.6 Å². The van der Waals surface area contributed by atoms with Gasteiger partial charge < -0.3 is 14.8 Å². The highest BCUT2D eigenvalue weighted by molar-refractivity contribution is 6.39. The van der Waals surface area contributed by atoms with Crippen LogP contribution in [0, 0.1) is 0 Å². The fourth-order valence-corrected chi connectivity index (χ4v) is 3.03. The van der Waals surface area contributed by atoms with E-state index in [9.17, 15) is 14.4 Å². The number of Topliss-reactive ketones (excluding diaryl/α,β-unsaturated/α-hetero) is 1. The lowest BCUT2D eigenvalue weighted by molar-refractivity contribution is -0.133. The number of ether oxygens (including phenoxy) is 2. The summed E-state index contributed by atoms with van der Waals surface area (Å²) in [5.41, 5.74) is 3.02. The molecule has 0 fully saturated rings. The van der Waals surface area contributed by atoms with Crippen molar-refractivity contribution in [2.75, 3.05) is 19.5 Å². The van der Waals surface area contributed by atoms with Crippen LogP contribution in [-0.2, 0) is 20.9 Å². The Bertz CT molecular complexity index is 998. The number of hydrogen-bond acceptors (Lipinski definition) is 6. The fraction of sp³-hybridized carbons (Fsp3) is 0.273. The molecular weight excluding hydrogens is 386 g/mol. The maximum atomic E-state index is 12.4. The van der Waals surface area contributed by atoms with Gasteiger partial charge in [-0.3, -0.25) is 14.4 Å². The number of benzene rings is 2. The zero-order chi connectivity index (χ0) is 21.7. The molecule has 156 valence electrons. The zero-order valence-corrected chi connectivity index (χ0v) is 17.1. The van der Waals surface area contributed by atoms with Crippen LogP contribution < -0.4 is 14.8 Å². The molecule has 0 aliphatic carbocycles. The normalized spacial score (nSPS) is 13.5. The monoisotopic (exact) mass is 409 g/mol. The van der Waals surface area contributed by atoms with Crippen LogP contribution in [0.4, 0.5) is 5.69 Å². The third-order valence-corrected chi connectivity index (χ3v) is 4.69. The molecule has 0 atom stereocenters. The third-order valence-electron chi connectivity index (χ3n) is 4.69. The van der Waals surface area contributed by atoms with Gasteiger partial charge in [0.1, 0.15) is 0 Å². The first-order chi connectivity index (χ1) is 14.4. The highest BCUT2D eigenvalue weighted by Gasteiger charge is 2.22. The Balaban J connectivity index is 1.76. The van der Waals surface area contributed by atoms with Gasteiger partial charge in [-0.15, -0.1) is 0 Å². The van der Waals surface area contributed by atoms with Crippen molar-refractivity contribution in [2.24, 2.45) is 5.10 Å². The van der Waals surface area contributed by atoms with Crippen molar-refractivity contribution in [1.82, 2.24) is 5.01 Å². The minimum Gasteiger partial charge on any atom is -0.493 e. The molecule has 2 amide bonds. The van der Waals surface area contributed by atoms with E-state index in [0.29, 0.717) is 36.6 Å². The van der Waals surface area contributed by atoms with E-state index < -0.39 is 11.7 Å². The molecule has 8 heteroatoms. The molecule has 0 spiro atoms. The van der Waals surface area contributed by atoms with Gasteiger partial charge in [-0.25, -0.2) is 5.01 Å². The van der Waals surface area contributed by atoms with Crippen molar-refractivity contribution in [3.8, 4) is 11.5 Å². The molecule has 0 radical (unpaired) electrons. The molecule has 2 aromatic rings. The van der Waals surface area contributed by atoms with Gasteiger partial charge in [0.15, 0.2) is 11.5 Å². The lowest BCUT2D eigenvalue weighted by atomic mass is 10.0. The Hall–Kier alpha value is -3.68. The Morgan fingerprint density at radius 2 is 1.73 bits per heavy atom. The quantitative estimate of drug-likeness (QED) is 0.709. The lowest BCUT2D eigenvalue weighted by Gasteiger charge is -2.24. The predicted molar refractivity (Wildman–Crippen MR) is 112 cm³/mol. The molecule has 2 aromatic carbocycles. The Morgan fingerprint density at radius 3 is 2.37 bits per heavy atom. The van der Waals surface area contributed by atoms with Crippen LogP contribution in [0.3, 0.4) is 0 Å². The van der Waals surface area contributed by atoms with Crippen LogP contribution in [-0.4, -0.2) is 42.5 Å². The Labute approximate surface area is 174 Å². The van der Waals surface area contributed by atoms with Crippen LogP contribution in [0.25, 0.3) is 0 Å². The summed E-state index contributed by atoms with van der Waals surface area (Å²) in [7, 11) is 3.15. The van der Waals surface area contributed by atoms with E-state index in [4.69, 9.17) is 9.47 Å². The van der Waals surface area contributed by atoms with Crippen molar-refractivity contribution in [3.63, 3.8) is 0 Å². The van der Waals surface area contributed by atoms with Crippen LogP contribution in [0.2, 0.25) is 0 Å². The molecule has 0 saturated heterocycles. The number of anilines is 1. The number of rotatable bonds is 7. The van der Waals surface area contributed by atoms with Gasteiger partial charge in [-0.2, -0.15) is 5.10 Å². The molecule has 1 N–H and O–H groups in total. The van der Waals surface area contributed by atoms with Crippen molar-refractivity contribution < 1.29 is 23.9 Å². The molecule has 0 aromatic heterocycles. The summed E-state index contributed by atoms with van der Waals surface area (Å²) in [6, 6.07) is 12.5. The minimum absolute atomic E-state index is 0.0619. The molecule has 0 saturated carbocycles. The van der Waals surface area contributed by atoms with E-state index in [1.54, 1.807) is 38.5 Å². The fourth-order valence-electron chi connectivity index (χ4n) is 3.03. The van der Waals surface area contributed by atoms with Gasteiger partial charge in [0.05, 0.1) is 26.5 Å². The first kappa shape index (κ1) is 21.0. The number of carbonyl (C=O) groups excluding carboxylic acids is 3. The first-order valence-electron chi connectivity index (χ1n) is 9.42. The lowest BCUT2D eigenvalue weighted by Crippen LogP contribution is -2.31. The number of ketones is 1. The number of amides is 2. The summed E-state index contributed by atoms with van der Waals surface area (Å²) < 4.78 is 10.6. The summed E-state index contributed by atoms with van der Waals surface area (Å²) in [6.45, 7) is 1.51. The summed E-state index contributed by atoms with van der Waals surface area (Å²) in [6.07, 6.45) is 0.904. The van der Waals surface area contributed by atoms with Crippen LogP contribution in [0.1, 0.15) is 30.9 Å². The van der Waals surface area contributed by atoms with E-state index >= 15 is 0 Å². The molecule has 0 unspecified atom stereocenters. The third kappa shape index (κ3) is 4.83. The maximum absolute atomic E-state index is 12.4. The van der Waals surface area contributed by atoms with E-state index in [0.717, 1.165) is 16.8 Å². The van der Waals surface area contributed by atoms with Crippen molar-refractivity contribution in [3.05, 3.63) is 53.6 Å². The van der Waals surface area contributed by atoms with Gasteiger partial charge in [0, 0.05) is 31.0 Å². The van der Waals surface area contributed by atoms with Gasteiger partial charge >= 0.3 is 0 Å². The SMILES string of the molecule is COc1ccc(C2=NN(Cc3ccc(NC(=O)C(C)=O)cc3)C(=O)CC2)cc1OC. The van der Waals surface area contributed by atoms with E-state index in [2.05, 4.69) is 10.4 Å². The van der Waals surface area contributed by atoms with Gasteiger partial charge in [-0.1, -0.05) is 12.1 Å². The number of nitrogens with zero attached hydrogens (tertiary/aromatic N) is 2. The molecule has 1 heterocycles. The number of methoxy groups -OCH3 is 2. The molecule has 30 heavy (non-hydrogen) atoms. The van der Waals surface area contributed by atoms with Crippen molar-refractivity contribution in [1.29, 1.82) is 0 Å². The summed E-state index contributed by atoms with van der Waals surface area (Å²) in [4.78, 5) is 34.9. The summed E-state index contributed by atoms with van der Waals surface area (Å²) >= 11 is 0. The predicted octanol–water partition coefficient (Wildman–Crippen LogP) is 2.76. The van der Waals surface area contributed by atoms with Crippen LogP contribution >= 0.6 is 0 Å². The summed E-state index contributed by atoms with van der Waals surface area (Å²) in [5.74, 6) is -0.0618. The van der Waals surface area contributed by atoms with Gasteiger partial charge in [-0.05, 0) is 35.9 Å². The smallest absolute Gasteiger partial charge is 0.291 e. The number of hydrazone groups is 1. The van der Waals surface area contributed by atoms with Crippen LogP contribution in [0.5, 0.6) is 11.5 Å². The minimum atomic E-state index is -0.668. The van der Waals surface area contributed by atoms with Gasteiger partial charge in [0.25, 0.3) is 5.91 Å². The van der Waals surface area contributed by atoms with E-state index in [1.807, 2.05) is 18.2 Å². The highest BCUT2D eigenvalue weighted by Crippen LogP contribution is 2.29. The molecule has 0 bridgehead atoms. The first-order valence-corrected chi connectivity index (χ1v) is 9.42. The molecule has 3 rings (SSSR count). The molecular formula is C22H23N3O5. The van der Waals surface area contributed by atoms with Crippen molar-refractivity contribution >= 4 is 29.0 Å². The van der Waals surface area contributed by atoms with E-state index in [-0.39, 0.29) is 5.91 Å². The van der Waals surface area contributed by atoms with E-state index in [1.165, 1.54) is 11.9 Å². The van der Waals surface area contributed by atoms with Gasteiger partial charge in [0.2, 0.25) is 11.7 Å². The average Bonchev–Trinajstić information content (AvgIpc) is 2.76. The zero-order valence-electron chi connectivity index (χ0n) is 17.1. The largest absolute Gasteiger partial charge is 0.493 e. The Kier molecular flexibility index (Phi) is 6.46. The second-order valence-corrected chi connectivity index (χ2v) is 6.78. The Morgan fingerprint density at radius 1 is 1.03 bits per heavy atom.